The summed E-state index contributed by atoms with van der Waals surface area (Å²) < 4.78 is 4.30. The number of anilines is 1. The minimum absolute atomic E-state index is 0.0835. The smallest absolute Gasteiger partial charge is 0.226 e. The van der Waals surface area contributed by atoms with Gasteiger partial charge in [0.25, 0.3) is 0 Å². The summed E-state index contributed by atoms with van der Waals surface area (Å²) >= 11 is 1.44. The van der Waals surface area contributed by atoms with Crippen LogP contribution >= 0.6 is 11.5 Å². The summed E-state index contributed by atoms with van der Waals surface area (Å²) in [7, 11) is 0. The Morgan fingerprint density at radius 3 is 2.63 bits per heavy atom. The number of carbonyl (C=O) groups is 1. The molecule has 1 aliphatic heterocycles. The second-order valence-electron chi connectivity index (χ2n) is 4.80. The van der Waals surface area contributed by atoms with Crippen molar-refractivity contribution >= 4 is 22.6 Å². The van der Waals surface area contributed by atoms with Gasteiger partial charge in [0.1, 0.15) is 5.82 Å². The largest absolute Gasteiger partial charge is 0.343 e. The molecule has 2 N–H and O–H groups in total. The second kappa shape index (κ2) is 6.29. The highest BCUT2D eigenvalue weighted by atomic mass is 32.1. The number of piperazine rings is 1. The molecule has 1 fully saturated rings. The zero-order valence-electron chi connectivity index (χ0n) is 11.5. The number of aryl methyl sites for hydroxylation is 1. The Labute approximate surface area is 117 Å². The Morgan fingerprint density at radius 2 is 2.11 bits per heavy atom. The molecule has 19 heavy (non-hydrogen) atoms. The molecular weight excluding hydrogens is 262 g/mol. The van der Waals surface area contributed by atoms with Gasteiger partial charge < -0.3 is 15.5 Å². The first kappa shape index (κ1) is 14.2. The number of amides is 1. The van der Waals surface area contributed by atoms with E-state index in [0.29, 0.717) is 6.54 Å². The molecule has 1 aromatic heterocycles. The van der Waals surface area contributed by atoms with Crippen LogP contribution in [-0.4, -0.2) is 52.9 Å². The van der Waals surface area contributed by atoms with E-state index in [0.717, 1.165) is 43.6 Å². The third kappa shape index (κ3) is 3.22. The van der Waals surface area contributed by atoms with Crippen LogP contribution in [0, 0.1) is 5.92 Å². The average Bonchev–Trinajstić information content (AvgIpc) is 2.94. The van der Waals surface area contributed by atoms with E-state index in [1.165, 1.54) is 11.5 Å². The molecule has 0 spiro atoms. The molecule has 1 amide bonds. The Hall–Kier alpha value is -1.21. The lowest BCUT2D eigenvalue weighted by Gasteiger charge is -2.35. The van der Waals surface area contributed by atoms with Gasteiger partial charge >= 0.3 is 0 Å². The van der Waals surface area contributed by atoms with Crippen LogP contribution in [0.5, 0.6) is 0 Å². The minimum Gasteiger partial charge on any atom is -0.343 e. The Morgan fingerprint density at radius 1 is 1.42 bits per heavy atom. The molecule has 1 aromatic rings. The van der Waals surface area contributed by atoms with Crippen molar-refractivity contribution in [3.05, 3.63) is 5.82 Å². The number of rotatable bonds is 4. The monoisotopic (exact) mass is 283 g/mol. The van der Waals surface area contributed by atoms with Gasteiger partial charge in [-0.25, -0.2) is 4.98 Å². The summed E-state index contributed by atoms with van der Waals surface area (Å²) in [6.45, 7) is 7.47. The molecule has 0 radical (unpaired) electrons. The normalized spacial score (nSPS) is 17.6. The van der Waals surface area contributed by atoms with Gasteiger partial charge in [0.15, 0.2) is 0 Å². The van der Waals surface area contributed by atoms with Crippen molar-refractivity contribution in [2.75, 3.05) is 37.6 Å². The molecular formula is C12H21N5OS. The molecule has 0 aromatic carbocycles. The first-order chi connectivity index (χ1) is 9.15. The van der Waals surface area contributed by atoms with E-state index in [4.69, 9.17) is 5.73 Å². The minimum atomic E-state index is -0.0835. The number of aromatic nitrogens is 2. The van der Waals surface area contributed by atoms with Crippen molar-refractivity contribution < 1.29 is 4.79 Å². The van der Waals surface area contributed by atoms with Crippen molar-refractivity contribution in [3.63, 3.8) is 0 Å². The molecule has 0 saturated carbocycles. The van der Waals surface area contributed by atoms with E-state index in [1.807, 2.05) is 11.8 Å². The van der Waals surface area contributed by atoms with Gasteiger partial charge in [0, 0.05) is 56.6 Å². The number of carbonyl (C=O) groups excluding carboxylic acids is 1. The van der Waals surface area contributed by atoms with E-state index < -0.39 is 0 Å². The average molecular weight is 283 g/mol. The summed E-state index contributed by atoms with van der Waals surface area (Å²) in [6.07, 6.45) is 0.864. The Balaban J connectivity index is 1.90. The van der Waals surface area contributed by atoms with Gasteiger partial charge in [-0.05, 0) is 0 Å². The number of nitrogens with two attached hydrogens (primary N) is 1. The molecule has 7 heteroatoms. The molecule has 1 aliphatic rings. The zero-order chi connectivity index (χ0) is 13.8. The maximum Gasteiger partial charge on any atom is 0.226 e. The molecule has 6 nitrogen and oxygen atoms in total. The highest BCUT2D eigenvalue weighted by molar-refractivity contribution is 7.09. The van der Waals surface area contributed by atoms with Crippen LogP contribution in [0.15, 0.2) is 0 Å². The fourth-order valence-electron chi connectivity index (χ4n) is 2.05. The fourth-order valence-corrected chi connectivity index (χ4v) is 2.85. The van der Waals surface area contributed by atoms with Crippen LogP contribution in [0.3, 0.4) is 0 Å². The molecule has 0 aliphatic carbocycles. The molecule has 2 rings (SSSR count). The highest BCUT2D eigenvalue weighted by Gasteiger charge is 2.25. The number of nitrogens with zero attached hydrogens (tertiary/aromatic N) is 4. The standard InChI is InChI=1S/C12H21N5OS/c1-3-10-14-12(19-15-10)17-6-4-16(5-7-17)11(18)9(2)8-13/h9H,3-8,13H2,1-2H3. The maximum absolute atomic E-state index is 12.0. The Bertz CT molecular complexity index is 428. The number of hydrogen-bond donors (Lipinski definition) is 1. The van der Waals surface area contributed by atoms with Crippen LogP contribution in [-0.2, 0) is 11.2 Å². The van der Waals surface area contributed by atoms with Gasteiger partial charge in [-0.1, -0.05) is 13.8 Å². The predicted molar refractivity (Wildman–Crippen MR) is 76.3 cm³/mol. The quantitative estimate of drug-likeness (QED) is 0.862. The Kier molecular flexibility index (Phi) is 4.71. The van der Waals surface area contributed by atoms with E-state index in [-0.39, 0.29) is 11.8 Å². The summed E-state index contributed by atoms with van der Waals surface area (Å²) in [6, 6.07) is 0. The summed E-state index contributed by atoms with van der Waals surface area (Å²) in [5.41, 5.74) is 5.54. The lowest BCUT2D eigenvalue weighted by molar-refractivity contribution is -0.134. The van der Waals surface area contributed by atoms with Crippen molar-refractivity contribution in [3.8, 4) is 0 Å². The summed E-state index contributed by atoms with van der Waals surface area (Å²) in [4.78, 5) is 20.6. The van der Waals surface area contributed by atoms with Gasteiger partial charge in [-0.2, -0.15) is 4.37 Å². The first-order valence-corrected chi connectivity index (χ1v) is 7.49. The van der Waals surface area contributed by atoms with Crippen LogP contribution in [0.4, 0.5) is 5.13 Å². The van der Waals surface area contributed by atoms with Crippen molar-refractivity contribution in [1.82, 2.24) is 14.3 Å². The third-order valence-electron chi connectivity index (χ3n) is 3.41. The van der Waals surface area contributed by atoms with Crippen LogP contribution < -0.4 is 10.6 Å². The predicted octanol–water partition coefficient (Wildman–Crippen LogP) is 0.344. The lowest BCUT2D eigenvalue weighted by atomic mass is 10.1. The third-order valence-corrected chi connectivity index (χ3v) is 4.23. The van der Waals surface area contributed by atoms with Gasteiger partial charge in [-0.3, -0.25) is 4.79 Å². The zero-order valence-corrected chi connectivity index (χ0v) is 12.3. The van der Waals surface area contributed by atoms with Gasteiger partial charge in [-0.15, -0.1) is 0 Å². The molecule has 2 heterocycles. The van der Waals surface area contributed by atoms with Crippen molar-refractivity contribution in [1.29, 1.82) is 0 Å². The van der Waals surface area contributed by atoms with Crippen molar-refractivity contribution in [2.24, 2.45) is 11.7 Å². The maximum atomic E-state index is 12.0. The second-order valence-corrected chi connectivity index (χ2v) is 5.53. The molecule has 1 saturated heterocycles. The molecule has 106 valence electrons. The first-order valence-electron chi connectivity index (χ1n) is 6.72. The molecule has 1 unspecified atom stereocenters. The highest BCUT2D eigenvalue weighted by Crippen LogP contribution is 2.19. The fraction of sp³-hybridized carbons (Fsp3) is 0.750. The van der Waals surface area contributed by atoms with Crippen molar-refractivity contribution in [2.45, 2.75) is 20.3 Å². The topological polar surface area (TPSA) is 75.4 Å². The van der Waals surface area contributed by atoms with E-state index >= 15 is 0 Å². The van der Waals surface area contributed by atoms with Gasteiger partial charge in [0.05, 0.1) is 0 Å². The SMILES string of the molecule is CCc1nsc(N2CCN(C(=O)C(C)CN)CC2)n1. The van der Waals surface area contributed by atoms with E-state index in [2.05, 4.69) is 21.2 Å². The van der Waals surface area contributed by atoms with Crippen LogP contribution in [0.25, 0.3) is 0 Å². The molecule has 1 atom stereocenters. The molecule has 0 bridgehead atoms. The van der Waals surface area contributed by atoms with Crippen LogP contribution in [0.2, 0.25) is 0 Å². The van der Waals surface area contributed by atoms with Crippen LogP contribution in [0.1, 0.15) is 19.7 Å². The summed E-state index contributed by atoms with van der Waals surface area (Å²) in [5, 5.41) is 0.968. The van der Waals surface area contributed by atoms with Gasteiger partial charge in [0.2, 0.25) is 11.0 Å². The lowest BCUT2D eigenvalue weighted by Crippen LogP contribution is -2.50. The summed E-state index contributed by atoms with van der Waals surface area (Å²) in [5.74, 6) is 0.976. The number of hydrogen-bond acceptors (Lipinski definition) is 6. The van der Waals surface area contributed by atoms with E-state index in [1.54, 1.807) is 0 Å². The van der Waals surface area contributed by atoms with E-state index in [9.17, 15) is 4.79 Å².